The third kappa shape index (κ3) is 3.61. The average Bonchev–Trinajstić information content (AvgIpc) is 2.85. The van der Waals surface area contributed by atoms with Gasteiger partial charge in [0.05, 0.1) is 12.3 Å². The highest BCUT2D eigenvalue weighted by Crippen LogP contribution is 2.31. The van der Waals surface area contributed by atoms with Crippen molar-refractivity contribution in [2.75, 3.05) is 6.61 Å². The lowest BCUT2D eigenvalue weighted by atomic mass is 10.0. The first kappa shape index (κ1) is 17.6. The molecule has 124 valence electrons. The first-order valence-electron chi connectivity index (χ1n) is 7.25. The number of carbonyl (C=O) groups excluding carboxylic acids is 1. The number of rotatable bonds is 5. The molecule has 0 aliphatic rings. The molecule has 0 spiro atoms. The van der Waals surface area contributed by atoms with Crippen LogP contribution < -0.4 is 0 Å². The van der Waals surface area contributed by atoms with E-state index in [0.717, 1.165) is 0 Å². The molecule has 0 radical (unpaired) electrons. The quantitative estimate of drug-likeness (QED) is 0.799. The number of carbonyl (C=O) groups is 1. The molecule has 2 rings (SSSR count). The number of nitrogens with zero attached hydrogens (tertiary/aromatic N) is 2. The summed E-state index contributed by atoms with van der Waals surface area (Å²) in [5.41, 5.74) is 0.826. The Bertz CT molecular complexity index is 698. The molecule has 0 aliphatic carbocycles. The van der Waals surface area contributed by atoms with Crippen LogP contribution in [0.1, 0.15) is 54.7 Å². The SMILES string of the molecule is CCOC(=O)c1nc(Br)n(C(C)C)c1C(O)c1ccc(F)cc1. The molecule has 1 aromatic carbocycles. The predicted molar refractivity (Wildman–Crippen MR) is 86.7 cm³/mol. The first-order valence-corrected chi connectivity index (χ1v) is 8.04. The minimum absolute atomic E-state index is 0.0456. The van der Waals surface area contributed by atoms with Gasteiger partial charge in [-0.1, -0.05) is 12.1 Å². The van der Waals surface area contributed by atoms with Crippen molar-refractivity contribution >= 4 is 21.9 Å². The summed E-state index contributed by atoms with van der Waals surface area (Å²) >= 11 is 3.31. The van der Waals surface area contributed by atoms with E-state index in [4.69, 9.17) is 4.74 Å². The highest BCUT2D eigenvalue weighted by Gasteiger charge is 2.29. The van der Waals surface area contributed by atoms with Crippen molar-refractivity contribution in [3.8, 4) is 0 Å². The number of halogens is 2. The number of hydrogen-bond donors (Lipinski definition) is 1. The topological polar surface area (TPSA) is 64.3 Å². The lowest BCUT2D eigenvalue weighted by Gasteiger charge is -2.19. The van der Waals surface area contributed by atoms with Gasteiger partial charge in [0.2, 0.25) is 0 Å². The molecule has 1 aromatic heterocycles. The van der Waals surface area contributed by atoms with Crippen LogP contribution in [0.3, 0.4) is 0 Å². The van der Waals surface area contributed by atoms with Crippen LogP contribution >= 0.6 is 15.9 Å². The van der Waals surface area contributed by atoms with Crippen molar-refractivity contribution in [1.82, 2.24) is 9.55 Å². The van der Waals surface area contributed by atoms with Crippen LogP contribution in [0.15, 0.2) is 29.0 Å². The molecule has 23 heavy (non-hydrogen) atoms. The maximum absolute atomic E-state index is 13.1. The Balaban J connectivity index is 2.57. The number of ether oxygens (including phenoxy) is 1. The van der Waals surface area contributed by atoms with Crippen molar-refractivity contribution in [2.45, 2.75) is 32.9 Å². The molecule has 0 amide bonds. The molecule has 1 N–H and O–H groups in total. The Labute approximate surface area is 142 Å². The predicted octanol–water partition coefficient (Wildman–Crippen LogP) is 3.62. The van der Waals surface area contributed by atoms with Gasteiger partial charge in [0.1, 0.15) is 11.9 Å². The van der Waals surface area contributed by atoms with Gasteiger partial charge in [-0.05, 0) is 54.4 Å². The van der Waals surface area contributed by atoms with Gasteiger partial charge in [-0.2, -0.15) is 0 Å². The fourth-order valence-electron chi connectivity index (χ4n) is 2.32. The van der Waals surface area contributed by atoms with Gasteiger partial charge in [-0.15, -0.1) is 0 Å². The normalized spacial score (nSPS) is 12.5. The van der Waals surface area contributed by atoms with Gasteiger partial charge in [-0.25, -0.2) is 14.2 Å². The van der Waals surface area contributed by atoms with Crippen LogP contribution in [-0.2, 0) is 4.74 Å². The second kappa shape index (κ2) is 7.23. The van der Waals surface area contributed by atoms with Crippen molar-refractivity contribution in [2.24, 2.45) is 0 Å². The lowest BCUT2D eigenvalue weighted by Crippen LogP contribution is -2.16. The monoisotopic (exact) mass is 384 g/mol. The minimum atomic E-state index is -1.13. The molecule has 7 heteroatoms. The number of aliphatic hydroxyl groups is 1. The number of imidazole rings is 1. The van der Waals surface area contributed by atoms with Gasteiger partial charge < -0.3 is 14.4 Å². The van der Waals surface area contributed by atoms with Crippen LogP contribution in [0, 0.1) is 5.82 Å². The molecule has 0 aliphatic heterocycles. The first-order chi connectivity index (χ1) is 10.9. The number of aromatic nitrogens is 2. The molecule has 2 aromatic rings. The third-order valence-electron chi connectivity index (χ3n) is 3.33. The summed E-state index contributed by atoms with van der Waals surface area (Å²) in [5, 5.41) is 10.7. The molecular weight excluding hydrogens is 367 g/mol. The number of aliphatic hydroxyl groups excluding tert-OH is 1. The lowest BCUT2D eigenvalue weighted by molar-refractivity contribution is 0.0513. The van der Waals surface area contributed by atoms with E-state index in [2.05, 4.69) is 20.9 Å². The Morgan fingerprint density at radius 2 is 2.00 bits per heavy atom. The Kier molecular flexibility index (Phi) is 5.54. The van der Waals surface area contributed by atoms with Crippen LogP contribution in [0.5, 0.6) is 0 Å². The summed E-state index contributed by atoms with van der Waals surface area (Å²) in [5.74, 6) is -1.01. The van der Waals surface area contributed by atoms with Crippen molar-refractivity contribution in [3.05, 3.63) is 51.8 Å². The van der Waals surface area contributed by atoms with E-state index in [1.165, 1.54) is 24.3 Å². The fraction of sp³-hybridized carbons (Fsp3) is 0.375. The number of benzene rings is 1. The molecule has 0 saturated carbocycles. The highest BCUT2D eigenvalue weighted by atomic mass is 79.9. The average molecular weight is 385 g/mol. The van der Waals surface area contributed by atoms with Crippen LogP contribution in [0.2, 0.25) is 0 Å². The van der Waals surface area contributed by atoms with E-state index in [-0.39, 0.29) is 18.3 Å². The molecule has 0 bridgehead atoms. The molecule has 5 nitrogen and oxygen atoms in total. The minimum Gasteiger partial charge on any atom is -0.461 e. The zero-order chi connectivity index (χ0) is 17.1. The number of hydrogen-bond acceptors (Lipinski definition) is 4. The standard InChI is InChI=1S/C16H18BrFN2O3/c1-4-23-15(22)12-13(20(9(2)3)16(17)19-12)14(21)10-5-7-11(18)8-6-10/h5-9,14,21H,4H2,1-3H3. The molecule has 0 saturated heterocycles. The van der Waals surface area contributed by atoms with E-state index < -0.39 is 17.9 Å². The van der Waals surface area contributed by atoms with E-state index in [9.17, 15) is 14.3 Å². The van der Waals surface area contributed by atoms with Crippen LogP contribution in [0.4, 0.5) is 4.39 Å². The van der Waals surface area contributed by atoms with E-state index in [1.807, 2.05) is 13.8 Å². The summed E-state index contributed by atoms with van der Waals surface area (Å²) in [6.07, 6.45) is -1.13. The molecule has 1 atom stereocenters. The van der Waals surface area contributed by atoms with Crippen molar-refractivity contribution in [1.29, 1.82) is 0 Å². The maximum atomic E-state index is 13.1. The summed E-state index contributed by atoms with van der Waals surface area (Å²) < 4.78 is 20.2. The number of esters is 1. The molecule has 1 unspecified atom stereocenters. The third-order valence-corrected chi connectivity index (χ3v) is 3.89. The summed E-state index contributed by atoms with van der Waals surface area (Å²) in [7, 11) is 0. The Morgan fingerprint density at radius 1 is 1.39 bits per heavy atom. The van der Waals surface area contributed by atoms with Gasteiger partial charge in [0.15, 0.2) is 10.4 Å². The van der Waals surface area contributed by atoms with Gasteiger partial charge in [-0.3, -0.25) is 0 Å². The van der Waals surface area contributed by atoms with E-state index >= 15 is 0 Å². The smallest absolute Gasteiger partial charge is 0.358 e. The second-order valence-electron chi connectivity index (χ2n) is 5.25. The van der Waals surface area contributed by atoms with Crippen LogP contribution in [-0.4, -0.2) is 27.2 Å². The largest absolute Gasteiger partial charge is 0.461 e. The van der Waals surface area contributed by atoms with E-state index in [1.54, 1.807) is 11.5 Å². The van der Waals surface area contributed by atoms with Crippen molar-refractivity contribution in [3.63, 3.8) is 0 Å². The Hall–Kier alpha value is -1.73. The zero-order valence-corrected chi connectivity index (χ0v) is 14.7. The fourth-order valence-corrected chi connectivity index (χ4v) is 3.10. The van der Waals surface area contributed by atoms with Gasteiger partial charge >= 0.3 is 5.97 Å². The molecule has 1 heterocycles. The van der Waals surface area contributed by atoms with E-state index in [0.29, 0.717) is 16.0 Å². The second-order valence-corrected chi connectivity index (χ2v) is 5.96. The van der Waals surface area contributed by atoms with Gasteiger partial charge in [0.25, 0.3) is 0 Å². The molecular formula is C16H18BrFN2O3. The van der Waals surface area contributed by atoms with Crippen LogP contribution in [0.25, 0.3) is 0 Å². The highest BCUT2D eigenvalue weighted by molar-refractivity contribution is 9.10. The van der Waals surface area contributed by atoms with Crippen molar-refractivity contribution < 1.29 is 19.0 Å². The summed E-state index contributed by atoms with van der Waals surface area (Å²) in [6.45, 7) is 5.71. The van der Waals surface area contributed by atoms with Gasteiger partial charge in [0, 0.05) is 6.04 Å². The maximum Gasteiger partial charge on any atom is 0.358 e. The molecule has 0 fully saturated rings. The summed E-state index contributed by atoms with van der Waals surface area (Å²) in [6, 6.07) is 5.41. The Morgan fingerprint density at radius 3 is 2.52 bits per heavy atom. The zero-order valence-electron chi connectivity index (χ0n) is 13.1. The summed E-state index contributed by atoms with van der Waals surface area (Å²) in [4.78, 5) is 16.3.